The maximum atomic E-state index is 12.5. The van der Waals surface area contributed by atoms with E-state index in [9.17, 15) is 13.2 Å². The smallest absolute Gasteiger partial charge is 0.335 e. The lowest BCUT2D eigenvalue weighted by atomic mass is 10.1. The Hall–Kier alpha value is -2.58. The van der Waals surface area contributed by atoms with Crippen molar-refractivity contribution in [2.75, 3.05) is 14.2 Å². The van der Waals surface area contributed by atoms with Crippen molar-refractivity contribution in [3.05, 3.63) is 53.6 Å². The van der Waals surface area contributed by atoms with Crippen LogP contribution in [0.5, 0.6) is 11.5 Å². The molecule has 128 valence electrons. The highest BCUT2D eigenvalue weighted by Gasteiger charge is 2.20. The molecule has 0 aliphatic carbocycles. The molecule has 0 heterocycles. The van der Waals surface area contributed by atoms with Crippen molar-refractivity contribution in [3.8, 4) is 11.5 Å². The minimum Gasteiger partial charge on any atom is -0.497 e. The van der Waals surface area contributed by atoms with Crippen LogP contribution in [0.3, 0.4) is 0 Å². The van der Waals surface area contributed by atoms with Crippen LogP contribution in [0, 0.1) is 0 Å². The molecule has 0 saturated carbocycles. The molecule has 0 fully saturated rings. The SMILES string of the molecule is COc1ccc(OC)c(S(=O)(=O)NCc2ccc(C(=O)O)cc2)c1. The van der Waals surface area contributed by atoms with E-state index in [1.807, 2.05) is 0 Å². The molecule has 0 aliphatic heterocycles. The summed E-state index contributed by atoms with van der Waals surface area (Å²) in [6.45, 7) is 0.0165. The van der Waals surface area contributed by atoms with Gasteiger partial charge in [-0.15, -0.1) is 0 Å². The highest BCUT2D eigenvalue weighted by molar-refractivity contribution is 7.89. The third kappa shape index (κ3) is 4.03. The zero-order valence-electron chi connectivity index (χ0n) is 13.1. The first-order chi connectivity index (χ1) is 11.4. The molecule has 2 N–H and O–H groups in total. The van der Waals surface area contributed by atoms with Gasteiger partial charge < -0.3 is 14.6 Å². The van der Waals surface area contributed by atoms with E-state index < -0.39 is 16.0 Å². The molecule has 24 heavy (non-hydrogen) atoms. The fourth-order valence-corrected chi connectivity index (χ4v) is 3.22. The van der Waals surface area contributed by atoms with Crippen molar-refractivity contribution in [1.82, 2.24) is 4.72 Å². The Morgan fingerprint density at radius 3 is 2.29 bits per heavy atom. The predicted molar refractivity (Wildman–Crippen MR) is 87.0 cm³/mol. The third-order valence-corrected chi connectivity index (χ3v) is 4.75. The molecule has 0 aromatic heterocycles. The second-order valence-corrected chi connectivity index (χ2v) is 6.58. The van der Waals surface area contributed by atoms with E-state index in [0.29, 0.717) is 11.3 Å². The van der Waals surface area contributed by atoms with Crippen LogP contribution in [0.2, 0.25) is 0 Å². The summed E-state index contributed by atoms with van der Waals surface area (Å²) in [5.41, 5.74) is 0.765. The van der Waals surface area contributed by atoms with Crippen LogP contribution in [0.4, 0.5) is 0 Å². The number of ether oxygens (including phenoxy) is 2. The lowest BCUT2D eigenvalue weighted by Crippen LogP contribution is -2.23. The van der Waals surface area contributed by atoms with E-state index >= 15 is 0 Å². The monoisotopic (exact) mass is 351 g/mol. The van der Waals surface area contributed by atoms with Crippen molar-refractivity contribution in [1.29, 1.82) is 0 Å². The molecule has 0 bridgehead atoms. The van der Waals surface area contributed by atoms with E-state index in [-0.39, 0.29) is 22.8 Å². The number of methoxy groups -OCH3 is 2. The van der Waals surface area contributed by atoms with Gasteiger partial charge in [0.2, 0.25) is 10.0 Å². The lowest BCUT2D eigenvalue weighted by Gasteiger charge is -2.12. The van der Waals surface area contributed by atoms with E-state index in [4.69, 9.17) is 14.6 Å². The van der Waals surface area contributed by atoms with Crippen LogP contribution in [-0.2, 0) is 16.6 Å². The van der Waals surface area contributed by atoms with E-state index in [2.05, 4.69) is 4.72 Å². The first-order valence-electron chi connectivity index (χ1n) is 6.91. The average molecular weight is 351 g/mol. The van der Waals surface area contributed by atoms with Gasteiger partial charge in [0.05, 0.1) is 19.8 Å². The Kier molecular flexibility index (Phi) is 5.42. The Bertz CT molecular complexity index is 830. The van der Waals surface area contributed by atoms with E-state index in [0.717, 1.165) is 0 Å². The van der Waals surface area contributed by atoms with Crippen molar-refractivity contribution in [2.24, 2.45) is 0 Å². The molecule has 0 atom stereocenters. The second-order valence-electron chi connectivity index (χ2n) is 4.84. The first kappa shape index (κ1) is 17.8. The second kappa shape index (κ2) is 7.33. The fraction of sp³-hybridized carbons (Fsp3) is 0.188. The number of benzene rings is 2. The summed E-state index contributed by atoms with van der Waals surface area (Å²) in [7, 11) is -1.01. The Morgan fingerprint density at radius 1 is 1.08 bits per heavy atom. The van der Waals surface area contributed by atoms with Gasteiger partial charge in [0.1, 0.15) is 16.4 Å². The van der Waals surface area contributed by atoms with Crippen molar-refractivity contribution in [3.63, 3.8) is 0 Å². The molecule has 2 aromatic rings. The summed E-state index contributed by atoms with van der Waals surface area (Å²) in [6, 6.07) is 10.4. The number of sulfonamides is 1. The minimum absolute atomic E-state index is 0.0165. The number of hydrogen-bond donors (Lipinski definition) is 2. The molecule has 0 aliphatic rings. The predicted octanol–water partition coefficient (Wildman–Crippen LogP) is 1.88. The van der Waals surface area contributed by atoms with Crippen LogP contribution in [0.15, 0.2) is 47.4 Å². The van der Waals surface area contributed by atoms with Gasteiger partial charge in [0.15, 0.2) is 0 Å². The highest BCUT2D eigenvalue weighted by atomic mass is 32.2. The topological polar surface area (TPSA) is 102 Å². The van der Waals surface area contributed by atoms with Crippen LogP contribution >= 0.6 is 0 Å². The van der Waals surface area contributed by atoms with Gasteiger partial charge >= 0.3 is 5.97 Å². The Labute approximate surface area is 139 Å². The lowest BCUT2D eigenvalue weighted by molar-refractivity contribution is 0.0697. The zero-order chi connectivity index (χ0) is 17.7. The summed E-state index contributed by atoms with van der Waals surface area (Å²) in [5, 5.41) is 8.85. The maximum absolute atomic E-state index is 12.5. The van der Waals surface area contributed by atoms with Gasteiger partial charge in [-0.3, -0.25) is 0 Å². The summed E-state index contributed by atoms with van der Waals surface area (Å²) in [5.74, 6) is -0.449. The number of rotatable bonds is 7. The highest BCUT2D eigenvalue weighted by Crippen LogP contribution is 2.28. The number of hydrogen-bond acceptors (Lipinski definition) is 5. The molecule has 7 nitrogen and oxygen atoms in total. The largest absolute Gasteiger partial charge is 0.497 e. The van der Waals surface area contributed by atoms with Gasteiger partial charge in [-0.05, 0) is 29.8 Å². The summed E-state index contributed by atoms with van der Waals surface area (Å²) in [4.78, 5) is 10.8. The quantitative estimate of drug-likeness (QED) is 0.790. The van der Waals surface area contributed by atoms with E-state index in [1.165, 1.54) is 38.5 Å². The number of carboxylic acid groups (broad SMARTS) is 1. The van der Waals surface area contributed by atoms with Gasteiger partial charge in [0.25, 0.3) is 0 Å². The van der Waals surface area contributed by atoms with Gasteiger partial charge in [-0.25, -0.2) is 17.9 Å². The van der Waals surface area contributed by atoms with Crippen LogP contribution in [0.25, 0.3) is 0 Å². The Morgan fingerprint density at radius 2 is 1.75 bits per heavy atom. The molecule has 0 radical (unpaired) electrons. The number of carboxylic acids is 1. The van der Waals surface area contributed by atoms with Crippen molar-refractivity contribution >= 4 is 16.0 Å². The normalized spacial score (nSPS) is 11.1. The Balaban J connectivity index is 2.20. The summed E-state index contributed by atoms with van der Waals surface area (Å²) < 4.78 is 37.6. The third-order valence-electron chi connectivity index (χ3n) is 3.33. The molecular weight excluding hydrogens is 334 g/mol. The average Bonchev–Trinajstić information content (AvgIpc) is 2.59. The van der Waals surface area contributed by atoms with Gasteiger partial charge in [-0.2, -0.15) is 0 Å². The number of carbonyl (C=O) groups is 1. The first-order valence-corrected chi connectivity index (χ1v) is 8.39. The van der Waals surface area contributed by atoms with Crippen molar-refractivity contribution < 1.29 is 27.8 Å². The molecular formula is C16H17NO6S. The summed E-state index contributed by atoms with van der Waals surface area (Å²) in [6.07, 6.45) is 0. The number of aromatic carboxylic acids is 1. The van der Waals surface area contributed by atoms with E-state index in [1.54, 1.807) is 18.2 Å². The number of nitrogens with one attached hydrogen (secondary N) is 1. The minimum atomic E-state index is -3.83. The van der Waals surface area contributed by atoms with Gasteiger partial charge in [0, 0.05) is 12.6 Å². The molecule has 0 saturated heterocycles. The van der Waals surface area contributed by atoms with Crippen LogP contribution in [-0.4, -0.2) is 33.7 Å². The van der Waals surface area contributed by atoms with Gasteiger partial charge in [-0.1, -0.05) is 12.1 Å². The van der Waals surface area contributed by atoms with Crippen LogP contribution in [0.1, 0.15) is 15.9 Å². The molecule has 0 spiro atoms. The maximum Gasteiger partial charge on any atom is 0.335 e. The van der Waals surface area contributed by atoms with Crippen molar-refractivity contribution in [2.45, 2.75) is 11.4 Å². The fourth-order valence-electron chi connectivity index (χ4n) is 2.02. The zero-order valence-corrected chi connectivity index (χ0v) is 14.0. The molecule has 0 amide bonds. The summed E-state index contributed by atoms with van der Waals surface area (Å²) >= 11 is 0. The van der Waals surface area contributed by atoms with Crippen LogP contribution < -0.4 is 14.2 Å². The molecule has 8 heteroatoms. The standard InChI is InChI=1S/C16H17NO6S/c1-22-13-7-8-14(23-2)15(9-13)24(20,21)17-10-11-3-5-12(6-4-11)16(18)19/h3-9,17H,10H2,1-2H3,(H,18,19). The molecule has 2 rings (SSSR count). The molecule has 0 unspecified atom stereocenters. The molecule has 2 aromatic carbocycles.